The van der Waals surface area contributed by atoms with Crippen LogP contribution in [-0.2, 0) is 4.79 Å². The molecule has 1 saturated carbocycles. The summed E-state index contributed by atoms with van der Waals surface area (Å²) in [5, 5.41) is 10.6. The van der Waals surface area contributed by atoms with Crippen LogP contribution in [0.2, 0.25) is 0 Å². The van der Waals surface area contributed by atoms with Crippen LogP contribution in [-0.4, -0.2) is 28.8 Å². The summed E-state index contributed by atoms with van der Waals surface area (Å²) in [5.74, 6) is 0.292. The lowest BCUT2D eigenvalue weighted by Crippen LogP contribution is -2.42. The molecule has 3 rings (SSSR count). The molecule has 6 nitrogen and oxygen atoms in total. The van der Waals surface area contributed by atoms with Gasteiger partial charge in [-0.3, -0.25) is 4.79 Å². The highest BCUT2D eigenvalue weighted by molar-refractivity contribution is 5.79. The number of ketones is 1. The van der Waals surface area contributed by atoms with Gasteiger partial charge in [-0.1, -0.05) is 0 Å². The van der Waals surface area contributed by atoms with Gasteiger partial charge in [0.25, 0.3) is 0 Å². The number of aromatic nitrogens is 1. The van der Waals surface area contributed by atoms with Crippen molar-refractivity contribution in [2.75, 3.05) is 18.0 Å². The Morgan fingerprint density at radius 3 is 2.33 bits per heavy atom. The maximum Gasteiger partial charge on any atom is 0.363 e. The second kappa shape index (κ2) is 5.42. The molecule has 0 atom stereocenters. The van der Waals surface area contributed by atoms with Gasteiger partial charge in [0, 0.05) is 32.0 Å². The molecule has 0 amide bonds. The first-order valence-electron chi connectivity index (χ1n) is 7.45. The first-order chi connectivity index (χ1) is 10.1. The number of piperidine rings is 1. The molecule has 1 aromatic rings. The van der Waals surface area contributed by atoms with Crippen molar-refractivity contribution in [3.8, 4) is 0 Å². The van der Waals surface area contributed by atoms with Gasteiger partial charge in [-0.05, 0) is 47.1 Å². The summed E-state index contributed by atoms with van der Waals surface area (Å²) >= 11 is 0. The van der Waals surface area contributed by atoms with Crippen molar-refractivity contribution < 1.29 is 9.72 Å². The van der Waals surface area contributed by atoms with Crippen LogP contribution in [0.15, 0.2) is 18.3 Å². The van der Waals surface area contributed by atoms with Gasteiger partial charge in [0.15, 0.2) is 6.20 Å². The predicted molar refractivity (Wildman–Crippen MR) is 78.2 cm³/mol. The van der Waals surface area contributed by atoms with Crippen LogP contribution in [0.3, 0.4) is 0 Å². The Bertz CT molecular complexity index is 536. The SMILES string of the molecule is O=C1CCC2(CC1)CCN(c1ccc([N+](=O)[O-])nc1)CC2. The van der Waals surface area contributed by atoms with E-state index in [0.29, 0.717) is 11.2 Å². The molecule has 0 N–H and O–H groups in total. The molecule has 1 spiro atoms. The van der Waals surface area contributed by atoms with Crippen molar-refractivity contribution in [1.29, 1.82) is 0 Å². The maximum absolute atomic E-state index is 11.4. The zero-order valence-corrected chi connectivity index (χ0v) is 12.0. The Hall–Kier alpha value is -1.98. The van der Waals surface area contributed by atoms with Crippen LogP contribution in [0, 0.1) is 15.5 Å². The van der Waals surface area contributed by atoms with Crippen LogP contribution in [0.4, 0.5) is 11.5 Å². The zero-order chi connectivity index (χ0) is 14.9. The summed E-state index contributed by atoms with van der Waals surface area (Å²) < 4.78 is 0. The molecule has 2 fully saturated rings. The largest absolute Gasteiger partial charge is 0.368 e. The smallest absolute Gasteiger partial charge is 0.363 e. The van der Waals surface area contributed by atoms with Crippen molar-refractivity contribution in [3.63, 3.8) is 0 Å². The second-order valence-corrected chi connectivity index (χ2v) is 6.16. The molecule has 0 unspecified atom stereocenters. The first kappa shape index (κ1) is 14.0. The molecule has 0 bridgehead atoms. The van der Waals surface area contributed by atoms with E-state index in [0.717, 1.165) is 57.3 Å². The average molecular weight is 289 g/mol. The number of hydrogen-bond donors (Lipinski definition) is 0. The Kier molecular flexibility index (Phi) is 3.61. The summed E-state index contributed by atoms with van der Waals surface area (Å²) in [6, 6.07) is 3.23. The third-order valence-corrected chi connectivity index (χ3v) is 4.98. The van der Waals surface area contributed by atoms with Gasteiger partial charge in [-0.15, -0.1) is 0 Å². The Morgan fingerprint density at radius 2 is 1.81 bits per heavy atom. The van der Waals surface area contributed by atoms with Gasteiger partial charge in [0.2, 0.25) is 0 Å². The number of nitro groups is 1. The van der Waals surface area contributed by atoms with E-state index in [4.69, 9.17) is 0 Å². The zero-order valence-electron chi connectivity index (χ0n) is 12.0. The first-order valence-corrected chi connectivity index (χ1v) is 7.45. The molecule has 0 aromatic carbocycles. The normalized spacial score (nSPS) is 21.5. The van der Waals surface area contributed by atoms with E-state index >= 15 is 0 Å². The van der Waals surface area contributed by atoms with Crippen molar-refractivity contribution in [2.24, 2.45) is 5.41 Å². The fourth-order valence-electron chi connectivity index (χ4n) is 3.47. The molecule has 1 aromatic heterocycles. The van der Waals surface area contributed by atoms with Gasteiger partial charge in [-0.2, -0.15) is 0 Å². The number of Topliss-reactive ketones (excluding diaryl/α,β-unsaturated/α-hetero) is 1. The lowest BCUT2D eigenvalue weighted by atomic mass is 9.68. The van der Waals surface area contributed by atoms with E-state index in [1.165, 1.54) is 6.07 Å². The predicted octanol–water partition coefficient (Wildman–Crippen LogP) is 2.72. The molecule has 21 heavy (non-hydrogen) atoms. The standard InChI is InChI=1S/C15H19N3O3/c19-13-3-5-15(6-4-13)7-9-17(10-8-15)12-1-2-14(16-11-12)18(20)21/h1-2,11H,3-10H2. The van der Waals surface area contributed by atoms with E-state index in [2.05, 4.69) is 9.88 Å². The minimum absolute atomic E-state index is 0.113. The number of hydrogen-bond acceptors (Lipinski definition) is 5. The summed E-state index contributed by atoms with van der Waals surface area (Å²) in [6.07, 6.45) is 7.30. The fraction of sp³-hybridized carbons (Fsp3) is 0.600. The van der Waals surface area contributed by atoms with Crippen molar-refractivity contribution in [3.05, 3.63) is 28.4 Å². The summed E-state index contributed by atoms with van der Waals surface area (Å²) in [4.78, 5) is 27.6. The molecule has 112 valence electrons. The number of nitrogens with zero attached hydrogens (tertiary/aromatic N) is 3. The van der Waals surface area contributed by atoms with E-state index in [9.17, 15) is 14.9 Å². The van der Waals surface area contributed by atoms with E-state index in [-0.39, 0.29) is 5.82 Å². The number of pyridine rings is 1. The molecule has 2 heterocycles. The molecule has 6 heteroatoms. The lowest BCUT2D eigenvalue weighted by molar-refractivity contribution is -0.389. The highest BCUT2D eigenvalue weighted by Crippen LogP contribution is 2.44. The van der Waals surface area contributed by atoms with Crippen molar-refractivity contribution in [2.45, 2.75) is 38.5 Å². The number of carbonyl (C=O) groups excluding carboxylic acids is 1. The Morgan fingerprint density at radius 1 is 1.14 bits per heavy atom. The highest BCUT2D eigenvalue weighted by Gasteiger charge is 2.37. The molecule has 1 aliphatic carbocycles. The fourth-order valence-corrected chi connectivity index (χ4v) is 3.47. The van der Waals surface area contributed by atoms with E-state index in [1.54, 1.807) is 12.3 Å². The quantitative estimate of drug-likeness (QED) is 0.618. The number of carbonyl (C=O) groups is 1. The summed E-state index contributed by atoms with van der Waals surface area (Å²) in [6.45, 7) is 1.88. The van der Waals surface area contributed by atoms with Gasteiger partial charge in [-0.25, -0.2) is 0 Å². The average Bonchev–Trinajstić information content (AvgIpc) is 2.51. The topological polar surface area (TPSA) is 76.3 Å². The third kappa shape index (κ3) is 2.89. The summed E-state index contributed by atoms with van der Waals surface area (Å²) in [5.41, 5.74) is 1.29. The molecular weight excluding hydrogens is 270 g/mol. The molecule has 0 radical (unpaired) electrons. The van der Waals surface area contributed by atoms with Crippen LogP contribution in [0.25, 0.3) is 0 Å². The third-order valence-electron chi connectivity index (χ3n) is 4.98. The number of rotatable bonds is 2. The van der Waals surface area contributed by atoms with Gasteiger partial charge in [0.1, 0.15) is 5.78 Å². The Balaban J connectivity index is 1.63. The van der Waals surface area contributed by atoms with E-state index < -0.39 is 4.92 Å². The minimum atomic E-state index is -0.478. The lowest BCUT2D eigenvalue weighted by Gasteiger charge is -2.44. The van der Waals surface area contributed by atoms with Crippen molar-refractivity contribution in [1.82, 2.24) is 4.98 Å². The summed E-state index contributed by atoms with van der Waals surface area (Å²) in [7, 11) is 0. The molecular formula is C15H19N3O3. The highest BCUT2D eigenvalue weighted by atomic mass is 16.6. The van der Waals surface area contributed by atoms with Crippen LogP contribution >= 0.6 is 0 Å². The van der Waals surface area contributed by atoms with Crippen LogP contribution < -0.4 is 4.90 Å². The monoisotopic (exact) mass is 289 g/mol. The molecule has 2 aliphatic rings. The van der Waals surface area contributed by atoms with Crippen LogP contribution in [0.1, 0.15) is 38.5 Å². The van der Waals surface area contributed by atoms with Crippen molar-refractivity contribution >= 4 is 17.3 Å². The van der Waals surface area contributed by atoms with Crippen LogP contribution in [0.5, 0.6) is 0 Å². The molecule has 1 saturated heterocycles. The Labute approximate surface area is 123 Å². The van der Waals surface area contributed by atoms with Gasteiger partial charge < -0.3 is 15.0 Å². The maximum atomic E-state index is 11.4. The number of anilines is 1. The van der Waals surface area contributed by atoms with Gasteiger partial charge >= 0.3 is 5.82 Å². The second-order valence-electron chi connectivity index (χ2n) is 6.16. The molecule has 1 aliphatic heterocycles. The minimum Gasteiger partial charge on any atom is -0.368 e. The van der Waals surface area contributed by atoms with E-state index in [1.807, 2.05) is 0 Å². The van der Waals surface area contributed by atoms with Gasteiger partial charge in [0.05, 0.1) is 5.69 Å².